The van der Waals surface area contributed by atoms with E-state index in [4.69, 9.17) is 0 Å². The number of benzene rings is 1. The van der Waals surface area contributed by atoms with Crippen molar-refractivity contribution in [1.29, 1.82) is 0 Å². The van der Waals surface area contributed by atoms with Crippen LogP contribution in [0.2, 0.25) is 0 Å². The highest BCUT2D eigenvalue weighted by Gasteiger charge is 2.17. The molecule has 1 aromatic heterocycles. The molecule has 112 valence electrons. The summed E-state index contributed by atoms with van der Waals surface area (Å²) in [4.78, 5) is 0. The van der Waals surface area contributed by atoms with Gasteiger partial charge in [0.2, 0.25) is 0 Å². The zero-order valence-electron chi connectivity index (χ0n) is 12.8. The van der Waals surface area contributed by atoms with E-state index in [1.165, 1.54) is 36.8 Å². The zero-order chi connectivity index (χ0) is 14.5. The normalized spacial score (nSPS) is 22.3. The third-order valence-corrected chi connectivity index (χ3v) is 4.53. The molecule has 0 amide bonds. The second-order valence-electron chi connectivity index (χ2n) is 6.27. The molecule has 1 aliphatic carbocycles. The Bertz CT molecular complexity index is 539. The number of nitrogens with zero attached hydrogens (tertiary/aromatic N) is 2. The fourth-order valence-electron chi connectivity index (χ4n) is 3.11. The van der Waals surface area contributed by atoms with Crippen LogP contribution in [-0.4, -0.2) is 22.4 Å². The summed E-state index contributed by atoms with van der Waals surface area (Å²) in [6.07, 6.45) is 9.50. The maximum atomic E-state index is 4.46. The lowest BCUT2D eigenvalue weighted by Gasteiger charge is -2.27. The molecular weight excluding hydrogens is 258 g/mol. The van der Waals surface area contributed by atoms with E-state index in [9.17, 15) is 0 Å². The summed E-state index contributed by atoms with van der Waals surface area (Å²) in [6, 6.07) is 11.1. The lowest BCUT2D eigenvalue weighted by molar-refractivity contribution is 0.304. The average molecular weight is 283 g/mol. The Balaban J connectivity index is 1.47. The van der Waals surface area contributed by atoms with Crippen LogP contribution in [0, 0.1) is 5.92 Å². The molecule has 3 heteroatoms. The van der Waals surface area contributed by atoms with E-state index >= 15 is 0 Å². The molecule has 3 rings (SSSR count). The average Bonchev–Trinajstić information content (AvgIpc) is 2.99. The van der Waals surface area contributed by atoms with Crippen molar-refractivity contribution in [3.05, 3.63) is 42.7 Å². The quantitative estimate of drug-likeness (QED) is 0.906. The molecule has 0 radical (unpaired) electrons. The molecule has 1 aliphatic rings. The van der Waals surface area contributed by atoms with Gasteiger partial charge < -0.3 is 5.32 Å². The molecule has 3 nitrogen and oxygen atoms in total. The van der Waals surface area contributed by atoms with Crippen molar-refractivity contribution < 1.29 is 0 Å². The van der Waals surface area contributed by atoms with Crippen LogP contribution >= 0.6 is 0 Å². The zero-order valence-corrected chi connectivity index (χ0v) is 12.8. The van der Waals surface area contributed by atoms with Gasteiger partial charge in [0.1, 0.15) is 0 Å². The molecule has 21 heavy (non-hydrogen) atoms. The fraction of sp³-hybridized carbons (Fsp3) is 0.500. The topological polar surface area (TPSA) is 29.9 Å². The second-order valence-corrected chi connectivity index (χ2v) is 6.27. The minimum Gasteiger partial charge on any atom is -0.312 e. The van der Waals surface area contributed by atoms with Crippen molar-refractivity contribution in [2.24, 2.45) is 5.92 Å². The molecule has 0 aliphatic heterocycles. The van der Waals surface area contributed by atoms with Gasteiger partial charge in [-0.3, -0.25) is 4.68 Å². The maximum Gasteiger partial charge on any atom is 0.0568 e. The van der Waals surface area contributed by atoms with Crippen LogP contribution in [0.1, 0.15) is 32.6 Å². The molecule has 1 saturated carbocycles. The minimum absolute atomic E-state index is 0.713. The monoisotopic (exact) mass is 283 g/mol. The van der Waals surface area contributed by atoms with Gasteiger partial charge in [-0.05, 0) is 37.2 Å². The van der Waals surface area contributed by atoms with Gasteiger partial charge in [0, 0.05) is 24.3 Å². The molecule has 1 heterocycles. The van der Waals surface area contributed by atoms with E-state index in [1.54, 1.807) is 0 Å². The van der Waals surface area contributed by atoms with Gasteiger partial charge in [0.25, 0.3) is 0 Å². The minimum atomic E-state index is 0.713. The van der Waals surface area contributed by atoms with Crippen molar-refractivity contribution in [2.45, 2.75) is 45.2 Å². The van der Waals surface area contributed by atoms with Gasteiger partial charge in [-0.1, -0.05) is 37.3 Å². The van der Waals surface area contributed by atoms with Gasteiger partial charge in [0.05, 0.1) is 12.7 Å². The molecule has 0 bridgehead atoms. The first-order chi connectivity index (χ1) is 10.3. The molecule has 2 aromatic rings. The molecule has 1 fully saturated rings. The highest BCUT2D eigenvalue weighted by molar-refractivity contribution is 5.61. The van der Waals surface area contributed by atoms with Crippen LogP contribution < -0.4 is 5.32 Å². The second kappa shape index (κ2) is 6.90. The Morgan fingerprint density at radius 2 is 1.86 bits per heavy atom. The fourth-order valence-corrected chi connectivity index (χ4v) is 3.11. The van der Waals surface area contributed by atoms with Crippen molar-refractivity contribution in [1.82, 2.24) is 15.1 Å². The first-order valence-electron chi connectivity index (χ1n) is 8.12. The van der Waals surface area contributed by atoms with Gasteiger partial charge in [0.15, 0.2) is 0 Å². The molecule has 0 spiro atoms. The Labute approximate surface area is 127 Å². The summed E-state index contributed by atoms with van der Waals surface area (Å²) < 4.78 is 2.04. The number of hydrogen-bond donors (Lipinski definition) is 1. The Hall–Kier alpha value is -1.61. The van der Waals surface area contributed by atoms with Gasteiger partial charge >= 0.3 is 0 Å². The van der Waals surface area contributed by atoms with E-state index in [1.807, 2.05) is 16.9 Å². The van der Waals surface area contributed by atoms with Crippen LogP contribution in [0.25, 0.3) is 11.1 Å². The number of nitrogens with one attached hydrogen (secondary N) is 1. The van der Waals surface area contributed by atoms with Crippen LogP contribution in [0.15, 0.2) is 42.7 Å². The summed E-state index contributed by atoms with van der Waals surface area (Å²) in [7, 11) is 0. The van der Waals surface area contributed by atoms with Gasteiger partial charge in [-0.2, -0.15) is 5.10 Å². The van der Waals surface area contributed by atoms with E-state index in [0.29, 0.717) is 6.04 Å². The first kappa shape index (κ1) is 14.3. The maximum absolute atomic E-state index is 4.46. The third-order valence-electron chi connectivity index (χ3n) is 4.53. The van der Waals surface area contributed by atoms with Crippen LogP contribution in [-0.2, 0) is 6.54 Å². The van der Waals surface area contributed by atoms with Crippen LogP contribution in [0.5, 0.6) is 0 Å². The lowest BCUT2D eigenvalue weighted by Crippen LogP contribution is -2.34. The smallest absolute Gasteiger partial charge is 0.0568 e. The Morgan fingerprint density at radius 1 is 1.10 bits per heavy atom. The predicted molar refractivity (Wildman–Crippen MR) is 87.1 cm³/mol. The molecule has 0 unspecified atom stereocenters. The molecule has 1 N–H and O–H groups in total. The lowest BCUT2D eigenvalue weighted by atomic mass is 9.87. The van der Waals surface area contributed by atoms with Crippen molar-refractivity contribution in [2.75, 3.05) is 6.54 Å². The molecule has 0 atom stereocenters. The summed E-state index contributed by atoms with van der Waals surface area (Å²) in [5.41, 5.74) is 2.43. The number of aromatic nitrogens is 2. The summed E-state index contributed by atoms with van der Waals surface area (Å²) in [5, 5.41) is 8.14. The van der Waals surface area contributed by atoms with Crippen molar-refractivity contribution in [3.63, 3.8) is 0 Å². The SMILES string of the molecule is CC1CCC(NCCn2cc(-c3ccccc3)cn2)CC1. The summed E-state index contributed by atoms with van der Waals surface area (Å²) >= 11 is 0. The van der Waals surface area contributed by atoms with E-state index in [-0.39, 0.29) is 0 Å². The first-order valence-corrected chi connectivity index (χ1v) is 8.12. The Kier molecular flexibility index (Phi) is 4.71. The van der Waals surface area contributed by atoms with E-state index in [2.05, 4.69) is 47.8 Å². The third kappa shape index (κ3) is 3.94. The van der Waals surface area contributed by atoms with Crippen molar-refractivity contribution in [3.8, 4) is 11.1 Å². The molecule has 1 aromatic carbocycles. The highest BCUT2D eigenvalue weighted by Crippen LogP contribution is 2.23. The van der Waals surface area contributed by atoms with Crippen LogP contribution in [0.3, 0.4) is 0 Å². The number of hydrogen-bond acceptors (Lipinski definition) is 2. The van der Waals surface area contributed by atoms with E-state index in [0.717, 1.165) is 19.0 Å². The van der Waals surface area contributed by atoms with E-state index < -0.39 is 0 Å². The highest BCUT2D eigenvalue weighted by atomic mass is 15.3. The summed E-state index contributed by atoms with van der Waals surface area (Å²) in [5.74, 6) is 0.919. The van der Waals surface area contributed by atoms with Crippen molar-refractivity contribution >= 4 is 0 Å². The number of rotatable bonds is 5. The summed E-state index contributed by atoms with van der Waals surface area (Å²) in [6.45, 7) is 4.32. The molecule has 0 saturated heterocycles. The standard InChI is InChI=1S/C18H25N3/c1-15-7-9-18(10-8-15)19-11-12-21-14-17(13-20-21)16-5-3-2-4-6-16/h2-6,13-15,18-19H,7-12H2,1H3. The molecular formula is C18H25N3. The van der Waals surface area contributed by atoms with Crippen LogP contribution in [0.4, 0.5) is 0 Å². The largest absolute Gasteiger partial charge is 0.312 e. The Morgan fingerprint density at radius 3 is 2.62 bits per heavy atom. The predicted octanol–water partition coefficient (Wildman–Crippen LogP) is 3.72. The van der Waals surface area contributed by atoms with Gasteiger partial charge in [-0.15, -0.1) is 0 Å². The van der Waals surface area contributed by atoms with Gasteiger partial charge in [-0.25, -0.2) is 0 Å².